The summed E-state index contributed by atoms with van der Waals surface area (Å²) in [5, 5.41) is 0. The van der Waals surface area contributed by atoms with Crippen LogP contribution in [0.4, 0.5) is 0 Å². The number of allylic oxidation sites excluding steroid dienone is 4. The minimum Gasteiger partial charge on any atom is -0.489 e. The predicted octanol–water partition coefficient (Wildman–Crippen LogP) is 4.12. The molecule has 1 rings (SSSR count). The number of hydrogen-bond donors (Lipinski definition) is 0. The van der Waals surface area contributed by atoms with Crippen LogP contribution >= 0.6 is 0 Å². The lowest BCUT2D eigenvalue weighted by molar-refractivity contribution is -0.121. The molecule has 4 nitrogen and oxygen atoms in total. The smallest absolute Gasteiger partial charge is 0.228 e. The van der Waals surface area contributed by atoms with Crippen molar-refractivity contribution >= 4 is 11.6 Å². The standard InChI is InChI=1S/C19H28O4/c1-12(2)8-7-9-13(3)10-11-15-14(4)16(20)18(22-5)19(23-6)17(15)21/h10,12H,7-9,11H2,1-6H3/b13-10+. The number of ketones is 2. The normalized spacial score (nSPS) is 16.6. The van der Waals surface area contributed by atoms with E-state index < -0.39 is 0 Å². The minimum atomic E-state index is -0.273. The lowest BCUT2D eigenvalue weighted by atomic mass is 9.90. The largest absolute Gasteiger partial charge is 0.489 e. The Labute approximate surface area is 139 Å². The number of hydrogen-bond acceptors (Lipinski definition) is 4. The average Bonchev–Trinajstić information content (AvgIpc) is 2.50. The summed E-state index contributed by atoms with van der Waals surface area (Å²) in [6.45, 7) is 8.17. The van der Waals surface area contributed by atoms with Crippen LogP contribution in [0, 0.1) is 5.92 Å². The number of methoxy groups -OCH3 is 2. The molecular formula is C19H28O4. The van der Waals surface area contributed by atoms with Gasteiger partial charge in [0.05, 0.1) is 14.2 Å². The van der Waals surface area contributed by atoms with Crippen molar-refractivity contribution < 1.29 is 19.1 Å². The van der Waals surface area contributed by atoms with Gasteiger partial charge < -0.3 is 9.47 Å². The van der Waals surface area contributed by atoms with Gasteiger partial charge in [-0.3, -0.25) is 9.59 Å². The highest BCUT2D eigenvalue weighted by Gasteiger charge is 2.33. The van der Waals surface area contributed by atoms with Crippen LogP contribution in [-0.4, -0.2) is 25.8 Å². The molecule has 0 atom stereocenters. The van der Waals surface area contributed by atoms with Gasteiger partial charge in [0.15, 0.2) is 0 Å². The molecular weight excluding hydrogens is 292 g/mol. The van der Waals surface area contributed by atoms with Crippen molar-refractivity contribution in [3.8, 4) is 0 Å². The van der Waals surface area contributed by atoms with Crippen LogP contribution in [0.15, 0.2) is 34.3 Å². The summed E-state index contributed by atoms with van der Waals surface area (Å²) in [4.78, 5) is 24.8. The summed E-state index contributed by atoms with van der Waals surface area (Å²) in [7, 11) is 2.75. The summed E-state index contributed by atoms with van der Waals surface area (Å²) >= 11 is 0. The van der Waals surface area contributed by atoms with Crippen LogP contribution in [0.2, 0.25) is 0 Å². The van der Waals surface area contributed by atoms with Gasteiger partial charge in [-0.2, -0.15) is 0 Å². The van der Waals surface area contributed by atoms with Crippen molar-refractivity contribution in [3.05, 3.63) is 34.3 Å². The lowest BCUT2D eigenvalue weighted by Gasteiger charge is -2.19. The molecule has 0 aromatic carbocycles. The Balaban J connectivity index is 2.86. The molecule has 0 aliphatic heterocycles. The second-order valence-corrected chi connectivity index (χ2v) is 6.37. The molecule has 0 bridgehead atoms. The zero-order valence-electron chi connectivity index (χ0n) is 15.1. The molecule has 128 valence electrons. The van der Waals surface area contributed by atoms with Gasteiger partial charge in [-0.25, -0.2) is 0 Å². The van der Waals surface area contributed by atoms with E-state index in [0.29, 0.717) is 23.5 Å². The van der Waals surface area contributed by atoms with Gasteiger partial charge in [0.2, 0.25) is 23.1 Å². The van der Waals surface area contributed by atoms with Crippen molar-refractivity contribution in [2.24, 2.45) is 5.92 Å². The van der Waals surface area contributed by atoms with Crippen LogP contribution in [0.3, 0.4) is 0 Å². The molecule has 0 spiro atoms. The first-order chi connectivity index (χ1) is 10.8. The SMILES string of the molecule is COC1=C(OC)C(=O)C(C/C=C(\C)CCCC(C)C)=C(C)C1=O. The van der Waals surface area contributed by atoms with Crippen LogP contribution < -0.4 is 0 Å². The molecule has 0 amide bonds. The zero-order valence-corrected chi connectivity index (χ0v) is 15.1. The summed E-state index contributed by atoms with van der Waals surface area (Å²) in [6.07, 6.45) is 5.84. The Morgan fingerprint density at radius 2 is 1.65 bits per heavy atom. The van der Waals surface area contributed by atoms with E-state index in [9.17, 15) is 9.59 Å². The van der Waals surface area contributed by atoms with Crippen LogP contribution in [0.1, 0.15) is 53.4 Å². The quantitative estimate of drug-likeness (QED) is 0.498. The van der Waals surface area contributed by atoms with Gasteiger partial charge in [0.25, 0.3) is 0 Å². The van der Waals surface area contributed by atoms with E-state index >= 15 is 0 Å². The molecule has 0 radical (unpaired) electrons. The molecule has 4 heteroatoms. The molecule has 0 unspecified atom stereocenters. The minimum absolute atomic E-state index is 0.00335. The highest BCUT2D eigenvalue weighted by Crippen LogP contribution is 2.28. The van der Waals surface area contributed by atoms with Crippen molar-refractivity contribution in [1.82, 2.24) is 0 Å². The van der Waals surface area contributed by atoms with Gasteiger partial charge in [-0.05, 0) is 39.0 Å². The maximum Gasteiger partial charge on any atom is 0.228 e. The fourth-order valence-corrected chi connectivity index (χ4v) is 2.60. The maximum atomic E-state index is 12.5. The van der Waals surface area contributed by atoms with Crippen LogP contribution in [-0.2, 0) is 19.1 Å². The molecule has 23 heavy (non-hydrogen) atoms. The Hall–Kier alpha value is -1.84. The number of Topliss-reactive ketones (excluding diaryl/α,β-unsaturated/α-hetero) is 2. The van der Waals surface area contributed by atoms with Crippen molar-refractivity contribution in [1.29, 1.82) is 0 Å². The Morgan fingerprint density at radius 1 is 1.09 bits per heavy atom. The molecule has 0 heterocycles. The van der Waals surface area contributed by atoms with Gasteiger partial charge in [-0.1, -0.05) is 31.9 Å². The highest BCUT2D eigenvalue weighted by atomic mass is 16.5. The van der Waals surface area contributed by atoms with Gasteiger partial charge in [0.1, 0.15) is 0 Å². The lowest BCUT2D eigenvalue weighted by Crippen LogP contribution is -2.24. The molecule has 1 aliphatic rings. The van der Waals surface area contributed by atoms with E-state index in [4.69, 9.17) is 9.47 Å². The third-order valence-corrected chi connectivity index (χ3v) is 4.10. The maximum absolute atomic E-state index is 12.5. The molecule has 0 aromatic rings. The third kappa shape index (κ3) is 4.81. The first kappa shape index (κ1) is 19.2. The summed E-state index contributed by atoms with van der Waals surface area (Å²) < 4.78 is 10.1. The van der Waals surface area contributed by atoms with Crippen molar-refractivity contribution in [2.45, 2.75) is 53.4 Å². The van der Waals surface area contributed by atoms with Gasteiger partial charge in [-0.15, -0.1) is 0 Å². The van der Waals surface area contributed by atoms with Gasteiger partial charge >= 0.3 is 0 Å². The third-order valence-electron chi connectivity index (χ3n) is 4.10. The predicted molar refractivity (Wildman–Crippen MR) is 90.8 cm³/mol. The fraction of sp³-hybridized carbons (Fsp3) is 0.579. The number of carbonyl (C=O) groups excluding carboxylic acids is 2. The second-order valence-electron chi connectivity index (χ2n) is 6.37. The number of carbonyl (C=O) groups is 2. The Morgan fingerprint density at radius 3 is 2.17 bits per heavy atom. The van der Waals surface area contributed by atoms with Crippen molar-refractivity contribution in [2.75, 3.05) is 14.2 Å². The Bertz CT molecular complexity index is 562. The molecule has 1 aliphatic carbocycles. The average molecular weight is 320 g/mol. The van der Waals surface area contributed by atoms with Gasteiger partial charge in [0, 0.05) is 11.1 Å². The van der Waals surface area contributed by atoms with E-state index in [1.165, 1.54) is 26.2 Å². The monoisotopic (exact) mass is 320 g/mol. The van der Waals surface area contributed by atoms with E-state index in [1.54, 1.807) is 6.92 Å². The summed E-state index contributed by atoms with van der Waals surface area (Å²) in [5.74, 6) is 0.171. The first-order valence-corrected chi connectivity index (χ1v) is 8.10. The fourth-order valence-electron chi connectivity index (χ4n) is 2.60. The summed E-state index contributed by atoms with van der Waals surface area (Å²) in [5.41, 5.74) is 2.18. The highest BCUT2D eigenvalue weighted by molar-refractivity contribution is 6.23. The van der Waals surface area contributed by atoms with Crippen LogP contribution in [0.25, 0.3) is 0 Å². The van der Waals surface area contributed by atoms with E-state index in [0.717, 1.165) is 12.8 Å². The van der Waals surface area contributed by atoms with E-state index in [-0.39, 0.29) is 23.1 Å². The van der Waals surface area contributed by atoms with E-state index in [2.05, 4.69) is 20.8 Å². The molecule has 0 N–H and O–H groups in total. The zero-order chi connectivity index (χ0) is 17.6. The summed E-state index contributed by atoms with van der Waals surface area (Å²) in [6, 6.07) is 0. The Kier molecular flexibility index (Phi) is 7.27. The molecule has 0 saturated carbocycles. The van der Waals surface area contributed by atoms with Crippen molar-refractivity contribution in [3.63, 3.8) is 0 Å². The number of rotatable bonds is 8. The molecule has 0 fully saturated rings. The second kappa shape index (κ2) is 8.70. The van der Waals surface area contributed by atoms with E-state index in [1.807, 2.05) is 6.08 Å². The number of ether oxygens (including phenoxy) is 2. The molecule has 0 saturated heterocycles. The van der Waals surface area contributed by atoms with Crippen LogP contribution in [0.5, 0.6) is 0 Å². The first-order valence-electron chi connectivity index (χ1n) is 8.10. The topological polar surface area (TPSA) is 52.6 Å². The molecule has 0 aromatic heterocycles.